The zero-order valence-electron chi connectivity index (χ0n) is 18.6. The fourth-order valence-electron chi connectivity index (χ4n) is 3.41. The lowest BCUT2D eigenvalue weighted by Crippen LogP contribution is -2.05. The Hall–Kier alpha value is -4.17. The first kappa shape index (κ1) is 22.0. The summed E-state index contributed by atoms with van der Waals surface area (Å²) in [6.07, 6.45) is 3.01. The van der Waals surface area contributed by atoms with Crippen LogP contribution in [0.4, 0.5) is 0 Å². The molecule has 0 aliphatic rings. The van der Waals surface area contributed by atoms with Crippen LogP contribution in [-0.2, 0) is 22.5 Å². The van der Waals surface area contributed by atoms with Crippen LogP contribution >= 0.6 is 0 Å². The van der Waals surface area contributed by atoms with Gasteiger partial charge in [0.25, 0.3) is 0 Å². The molecule has 0 aliphatic heterocycles. The van der Waals surface area contributed by atoms with Crippen LogP contribution in [0.25, 0.3) is 11.3 Å². The van der Waals surface area contributed by atoms with E-state index in [-0.39, 0.29) is 5.97 Å². The van der Waals surface area contributed by atoms with Crippen LogP contribution in [0.3, 0.4) is 0 Å². The van der Waals surface area contributed by atoms with Crippen LogP contribution in [0.1, 0.15) is 35.6 Å². The first-order chi connectivity index (χ1) is 16.2. The standard InChI is InChI=1S/C28H25N3O2/c1-2-33-28(32)18-17-23-13-11-22(12-14-23)15-16-24-9-6-10-26(19-24)27-21-31(30-29-27)20-25-7-4-3-5-8-25/h3-14,19,21H,2,17-18,20H2,1H3. The zero-order valence-corrected chi connectivity index (χ0v) is 18.6. The summed E-state index contributed by atoms with van der Waals surface area (Å²) in [4.78, 5) is 11.5. The van der Waals surface area contributed by atoms with E-state index in [1.54, 1.807) is 0 Å². The van der Waals surface area contributed by atoms with Crippen LogP contribution < -0.4 is 0 Å². The molecule has 33 heavy (non-hydrogen) atoms. The molecular formula is C28H25N3O2. The van der Waals surface area contributed by atoms with Gasteiger partial charge in [-0.3, -0.25) is 4.79 Å². The van der Waals surface area contributed by atoms with Gasteiger partial charge >= 0.3 is 5.97 Å². The lowest BCUT2D eigenvalue weighted by Gasteiger charge is -2.02. The maximum atomic E-state index is 11.5. The summed E-state index contributed by atoms with van der Waals surface area (Å²) in [5.41, 5.74) is 5.91. The van der Waals surface area contributed by atoms with Gasteiger partial charge in [-0.1, -0.05) is 71.7 Å². The van der Waals surface area contributed by atoms with E-state index < -0.39 is 0 Å². The summed E-state index contributed by atoms with van der Waals surface area (Å²) in [5, 5.41) is 8.58. The molecule has 4 rings (SSSR count). The fourth-order valence-corrected chi connectivity index (χ4v) is 3.41. The highest BCUT2D eigenvalue weighted by Crippen LogP contribution is 2.18. The van der Waals surface area contributed by atoms with E-state index in [2.05, 4.69) is 34.3 Å². The quantitative estimate of drug-likeness (QED) is 0.306. The first-order valence-corrected chi connectivity index (χ1v) is 11.0. The number of hydrogen-bond acceptors (Lipinski definition) is 4. The second kappa shape index (κ2) is 10.9. The van der Waals surface area contributed by atoms with Crippen LogP contribution in [0, 0.1) is 11.8 Å². The third-order valence-electron chi connectivity index (χ3n) is 5.11. The predicted molar refractivity (Wildman–Crippen MR) is 128 cm³/mol. The van der Waals surface area contributed by atoms with E-state index in [4.69, 9.17) is 4.74 Å². The number of carbonyl (C=O) groups is 1. The largest absolute Gasteiger partial charge is 0.466 e. The molecule has 0 radical (unpaired) electrons. The Morgan fingerprint density at radius 3 is 2.48 bits per heavy atom. The zero-order chi connectivity index (χ0) is 22.9. The summed E-state index contributed by atoms with van der Waals surface area (Å²) < 4.78 is 6.81. The third kappa shape index (κ3) is 6.41. The maximum absolute atomic E-state index is 11.5. The lowest BCUT2D eigenvalue weighted by molar-refractivity contribution is -0.143. The topological polar surface area (TPSA) is 57.0 Å². The smallest absolute Gasteiger partial charge is 0.306 e. The van der Waals surface area contributed by atoms with Gasteiger partial charge in [0, 0.05) is 23.1 Å². The molecule has 0 saturated heterocycles. The van der Waals surface area contributed by atoms with Crippen molar-refractivity contribution in [2.75, 3.05) is 6.61 Å². The summed E-state index contributed by atoms with van der Waals surface area (Å²) in [6.45, 7) is 2.92. The van der Waals surface area contributed by atoms with Gasteiger partial charge in [-0.25, -0.2) is 4.68 Å². The fraction of sp³-hybridized carbons (Fsp3) is 0.179. The van der Waals surface area contributed by atoms with Crippen molar-refractivity contribution in [2.24, 2.45) is 0 Å². The number of hydrogen-bond donors (Lipinski definition) is 0. The van der Waals surface area contributed by atoms with E-state index in [1.807, 2.05) is 84.5 Å². The molecule has 0 amide bonds. The molecule has 3 aromatic carbocycles. The highest BCUT2D eigenvalue weighted by atomic mass is 16.5. The molecule has 0 spiro atoms. The van der Waals surface area contributed by atoms with Crippen LogP contribution in [0.5, 0.6) is 0 Å². The number of nitrogens with zero attached hydrogens (tertiary/aromatic N) is 3. The van der Waals surface area contributed by atoms with Gasteiger partial charge in [0.2, 0.25) is 0 Å². The molecule has 0 atom stereocenters. The molecule has 0 bridgehead atoms. The van der Waals surface area contributed by atoms with Crippen molar-refractivity contribution in [3.8, 4) is 23.1 Å². The lowest BCUT2D eigenvalue weighted by atomic mass is 10.1. The summed E-state index contributed by atoms with van der Waals surface area (Å²) in [7, 11) is 0. The SMILES string of the molecule is CCOC(=O)CCc1ccc(C#Cc2cccc(-c3cn(Cc4ccccc4)nn3)c2)cc1. The number of rotatable bonds is 7. The van der Waals surface area contributed by atoms with E-state index in [9.17, 15) is 4.79 Å². The maximum Gasteiger partial charge on any atom is 0.306 e. The van der Waals surface area contributed by atoms with Crippen LogP contribution in [-0.4, -0.2) is 27.6 Å². The van der Waals surface area contributed by atoms with E-state index >= 15 is 0 Å². The van der Waals surface area contributed by atoms with Gasteiger partial charge in [-0.05, 0) is 48.7 Å². The summed E-state index contributed by atoms with van der Waals surface area (Å²) in [6, 6.07) is 26.2. The molecule has 164 valence electrons. The van der Waals surface area contributed by atoms with Crippen molar-refractivity contribution >= 4 is 5.97 Å². The predicted octanol–water partition coefficient (Wildman–Crippen LogP) is 4.89. The van der Waals surface area contributed by atoms with Crippen molar-refractivity contribution in [1.82, 2.24) is 15.0 Å². The number of carbonyl (C=O) groups excluding carboxylic acids is 1. The Morgan fingerprint density at radius 1 is 0.909 bits per heavy atom. The number of aryl methyl sites for hydroxylation is 1. The van der Waals surface area contributed by atoms with Crippen LogP contribution in [0.15, 0.2) is 85.1 Å². The van der Waals surface area contributed by atoms with Crippen molar-refractivity contribution in [1.29, 1.82) is 0 Å². The molecule has 5 heteroatoms. The number of aromatic nitrogens is 3. The average molecular weight is 436 g/mol. The van der Waals surface area contributed by atoms with Crippen LogP contribution in [0.2, 0.25) is 0 Å². The second-order valence-electron chi connectivity index (χ2n) is 7.62. The molecule has 0 aliphatic carbocycles. The van der Waals surface area contributed by atoms with Gasteiger partial charge in [0.15, 0.2) is 0 Å². The van der Waals surface area contributed by atoms with E-state index in [0.717, 1.165) is 27.9 Å². The van der Waals surface area contributed by atoms with Crippen molar-refractivity contribution < 1.29 is 9.53 Å². The molecule has 0 unspecified atom stereocenters. The number of esters is 1. The van der Waals surface area contributed by atoms with Crippen molar-refractivity contribution in [3.63, 3.8) is 0 Å². The van der Waals surface area contributed by atoms with Gasteiger partial charge in [-0.15, -0.1) is 5.10 Å². The Morgan fingerprint density at radius 2 is 1.70 bits per heavy atom. The molecule has 0 fully saturated rings. The van der Waals surface area contributed by atoms with Gasteiger partial charge < -0.3 is 4.74 Å². The molecule has 0 saturated carbocycles. The highest BCUT2D eigenvalue weighted by Gasteiger charge is 2.05. The van der Waals surface area contributed by atoms with Gasteiger partial charge in [0.1, 0.15) is 5.69 Å². The minimum Gasteiger partial charge on any atom is -0.466 e. The summed E-state index contributed by atoms with van der Waals surface area (Å²) >= 11 is 0. The first-order valence-electron chi connectivity index (χ1n) is 11.0. The Bertz CT molecular complexity index is 1270. The minimum atomic E-state index is -0.165. The van der Waals surface area contributed by atoms with Crippen molar-refractivity contribution in [2.45, 2.75) is 26.3 Å². The monoisotopic (exact) mass is 435 g/mol. The normalized spacial score (nSPS) is 10.3. The van der Waals surface area contributed by atoms with Gasteiger partial charge in [0.05, 0.1) is 19.3 Å². The molecule has 5 nitrogen and oxygen atoms in total. The van der Waals surface area contributed by atoms with Gasteiger partial charge in [-0.2, -0.15) is 0 Å². The molecular weight excluding hydrogens is 410 g/mol. The highest BCUT2D eigenvalue weighted by molar-refractivity contribution is 5.69. The third-order valence-corrected chi connectivity index (χ3v) is 5.11. The number of ether oxygens (including phenoxy) is 1. The second-order valence-corrected chi connectivity index (χ2v) is 7.62. The Balaban J connectivity index is 1.41. The molecule has 0 N–H and O–H groups in total. The van der Waals surface area contributed by atoms with E-state index in [0.29, 0.717) is 26.0 Å². The minimum absolute atomic E-state index is 0.165. The number of benzene rings is 3. The molecule has 1 aromatic heterocycles. The molecule has 4 aromatic rings. The molecule has 1 heterocycles. The average Bonchev–Trinajstić information content (AvgIpc) is 3.32. The van der Waals surface area contributed by atoms with Crippen molar-refractivity contribution in [3.05, 3.63) is 107 Å². The summed E-state index contributed by atoms with van der Waals surface area (Å²) in [5.74, 6) is 6.27. The van der Waals surface area contributed by atoms with E-state index in [1.165, 1.54) is 5.56 Å². The Labute approximate surface area is 194 Å². The Kier molecular flexibility index (Phi) is 7.29.